The van der Waals surface area contributed by atoms with Gasteiger partial charge in [-0.15, -0.1) is 0 Å². The lowest BCUT2D eigenvalue weighted by Crippen LogP contribution is -2.27. The zero-order chi connectivity index (χ0) is 22.8. The minimum atomic E-state index is -0.260. The molecule has 3 rings (SSSR count). The normalized spacial score (nSPS) is 20.2. The van der Waals surface area contributed by atoms with Crippen molar-refractivity contribution in [3.05, 3.63) is 72.8 Å². The Morgan fingerprint density at radius 1 is 0.688 bits per heavy atom. The first-order valence-electron chi connectivity index (χ1n) is 11.6. The predicted octanol–water partition coefficient (Wildman–Crippen LogP) is 6.96. The Balaban J connectivity index is 1.29. The fourth-order valence-electron chi connectivity index (χ4n) is 3.92. The number of ether oxygens (including phenoxy) is 4. The predicted molar refractivity (Wildman–Crippen MR) is 131 cm³/mol. The highest BCUT2D eigenvalue weighted by Gasteiger charge is 2.23. The summed E-state index contributed by atoms with van der Waals surface area (Å²) in [7, 11) is 0. The van der Waals surface area contributed by atoms with Crippen LogP contribution in [0.25, 0.3) is 12.2 Å². The number of hydrogen-bond acceptors (Lipinski definition) is 4. The first-order chi connectivity index (χ1) is 15.6. The van der Waals surface area contributed by atoms with Crippen LogP contribution >= 0.6 is 0 Å². The molecule has 0 aromatic heterocycles. The summed E-state index contributed by atoms with van der Waals surface area (Å²) in [5, 5.41) is 0. The van der Waals surface area contributed by atoms with Crippen LogP contribution in [0.15, 0.2) is 61.7 Å². The van der Waals surface area contributed by atoms with E-state index >= 15 is 0 Å². The van der Waals surface area contributed by atoms with Crippen molar-refractivity contribution in [2.75, 3.05) is 13.2 Å². The molecule has 0 saturated heterocycles. The van der Waals surface area contributed by atoms with Gasteiger partial charge in [0, 0.05) is 0 Å². The van der Waals surface area contributed by atoms with Crippen LogP contribution in [-0.4, -0.2) is 25.8 Å². The third-order valence-electron chi connectivity index (χ3n) is 5.94. The largest absolute Gasteiger partial charge is 0.465 e. The Kier molecular flexibility index (Phi) is 9.39. The molecule has 1 aliphatic rings. The van der Waals surface area contributed by atoms with Crippen molar-refractivity contribution in [2.24, 2.45) is 11.8 Å². The van der Waals surface area contributed by atoms with Gasteiger partial charge in [-0.1, -0.05) is 49.6 Å². The van der Waals surface area contributed by atoms with Crippen LogP contribution < -0.4 is 9.47 Å². The molecule has 0 amide bonds. The topological polar surface area (TPSA) is 36.9 Å². The fourth-order valence-corrected chi connectivity index (χ4v) is 3.92. The zero-order valence-electron chi connectivity index (χ0n) is 19.4. The molecule has 0 bridgehead atoms. The monoisotopic (exact) mass is 436 g/mol. The second kappa shape index (κ2) is 12.5. The van der Waals surface area contributed by atoms with Crippen LogP contribution in [0.1, 0.15) is 50.7 Å². The Hall–Kier alpha value is -2.56. The van der Waals surface area contributed by atoms with Crippen molar-refractivity contribution in [3.8, 4) is 11.5 Å². The molecule has 2 atom stereocenters. The van der Waals surface area contributed by atoms with Crippen molar-refractivity contribution in [1.29, 1.82) is 0 Å². The van der Waals surface area contributed by atoms with E-state index in [1.807, 2.05) is 74.5 Å². The lowest BCUT2D eigenvalue weighted by Gasteiger charge is -2.29. The van der Waals surface area contributed by atoms with Crippen LogP contribution in [-0.2, 0) is 9.47 Å². The van der Waals surface area contributed by atoms with Gasteiger partial charge >= 0.3 is 0 Å². The van der Waals surface area contributed by atoms with E-state index in [0.29, 0.717) is 11.8 Å². The van der Waals surface area contributed by atoms with Crippen molar-refractivity contribution in [2.45, 2.75) is 52.1 Å². The lowest BCUT2D eigenvalue weighted by atomic mass is 9.83. The molecule has 0 radical (unpaired) electrons. The van der Waals surface area contributed by atoms with E-state index < -0.39 is 0 Å². The number of benzene rings is 2. The van der Waals surface area contributed by atoms with Crippen molar-refractivity contribution in [3.63, 3.8) is 0 Å². The molecule has 32 heavy (non-hydrogen) atoms. The van der Waals surface area contributed by atoms with Crippen LogP contribution in [0.5, 0.6) is 11.5 Å². The molecule has 0 aliphatic heterocycles. The molecule has 1 saturated carbocycles. The SMILES string of the molecule is C=Cc1ccc(OC(C)OCC2CCC(COC(C)Oc3ccc(C=C)cc3)CC2)cc1. The van der Waals surface area contributed by atoms with Crippen LogP contribution in [0, 0.1) is 11.8 Å². The van der Waals surface area contributed by atoms with E-state index in [0.717, 1.165) is 61.5 Å². The summed E-state index contributed by atoms with van der Waals surface area (Å²) in [6.07, 6.45) is 7.76. The molecule has 2 aromatic carbocycles. The van der Waals surface area contributed by atoms with E-state index in [4.69, 9.17) is 18.9 Å². The maximum Gasteiger partial charge on any atom is 0.196 e. The molecule has 4 heteroatoms. The Morgan fingerprint density at radius 2 is 1.03 bits per heavy atom. The molecule has 0 N–H and O–H groups in total. The van der Waals surface area contributed by atoms with Crippen molar-refractivity contribution in [1.82, 2.24) is 0 Å². The van der Waals surface area contributed by atoms with Gasteiger partial charge in [0.25, 0.3) is 0 Å². The van der Waals surface area contributed by atoms with E-state index in [2.05, 4.69) is 13.2 Å². The summed E-state index contributed by atoms with van der Waals surface area (Å²) in [4.78, 5) is 0. The van der Waals surface area contributed by atoms with E-state index in [-0.39, 0.29) is 12.6 Å². The summed E-state index contributed by atoms with van der Waals surface area (Å²) in [5.74, 6) is 2.80. The summed E-state index contributed by atoms with van der Waals surface area (Å²) in [6, 6.07) is 15.7. The van der Waals surface area contributed by atoms with Crippen LogP contribution in [0.3, 0.4) is 0 Å². The van der Waals surface area contributed by atoms with Gasteiger partial charge in [-0.3, -0.25) is 0 Å². The van der Waals surface area contributed by atoms with Gasteiger partial charge in [0.1, 0.15) is 11.5 Å². The van der Waals surface area contributed by atoms with Crippen molar-refractivity contribution < 1.29 is 18.9 Å². The quantitative estimate of drug-likeness (QED) is 0.337. The van der Waals surface area contributed by atoms with Crippen LogP contribution in [0.2, 0.25) is 0 Å². The van der Waals surface area contributed by atoms with E-state index in [1.54, 1.807) is 0 Å². The Morgan fingerprint density at radius 3 is 1.34 bits per heavy atom. The molecule has 0 spiro atoms. The molecular formula is C28H36O4. The molecular weight excluding hydrogens is 400 g/mol. The van der Waals surface area contributed by atoms with Gasteiger partial charge < -0.3 is 18.9 Å². The third kappa shape index (κ3) is 7.85. The maximum absolute atomic E-state index is 5.96. The molecule has 4 nitrogen and oxygen atoms in total. The molecule has 1 aliphatic carbocycles. The number of rotatable bonds is 12. The van der Waals surface area contributed by atoms with Gasteiger partial charge in [-0.2, -0.15) is 0 Å². The van der Waals surface area contributed by atoms with Gasteiger partial charge in [0.15, 0.2) is 12.6 Å². The smallest absolute Gasteiger partial charge is 0.196 e. The number of hydrogen-bond donors (Lipinski definition) is 0. The minimum Gasteiger partial charge on any atom is -0.465 e. The van der Waals surface area contributed by atoms with E-state index in [1.165, 1.54) is 0 Å². The third-order valence-corrected chi connectivity index (χ3v) is 5.94. The Labute approximate surface area is 192 Å². The van der Waals surface area contributed by atoms with Crippen molar-refractivity contribution >= 4 is 12.2 Å². The van der Waals surface area contributed by atoms with Gasteiger partial charge in [-0.25, -0.2) is 0 Å². The molecule has 0 heterocycles. The minimum absolute atomic E-state index is 0.260. The average molecular weight is 437 g/mol. The van der Waals surface area contributed by atoms with Crippen LogP contribution in [0.4, 0.5) is 0 Å². The second-order valence-corrected chi connectivity index (χ2v) is 8.47. The summed E-state index contributed by atoms with van der Waals surface area (Å²) >= 11 is 0. The van der Waals surface area contributed by atoms with Gasteiger partial charge in [0.2, 0.25) is 0 Å². The molecule has 172 valence electrons. The highest BCUT2D eigenvalue weighted by Crippen LogP contribution is 2.30. The highest BCUT2D eigenvalue weighted by atomic mass is 16.7. The summed E-state index contributed by atoms with van der Waals surface area (Å²) < 4.78 is 23.6. The average Bonchev–Trinajstić information content (AvgIpc) is 2.83. The summed E-state index contributed by atoms with van der Waals surface area (Å²) in [5.41, 5.74) is 2.16. The lowest BCUT2D eigenvalue weighted by molar-refractivity contribution is -0.0946. The van der Waals surface area contributed by atoms with Gasteiger partial charge in [0.05, 0.1) is 13.2 Å². The van der Waals surface area contributed by atoms with E-state index in [9.17, 15) is 0 Å². The zero-order valence-corrected chi connectivity index (χ0v) is 19.4. The van der Waals surface area contributed by atoms with Gasteiger partial charge in [-0.05, 0) is 86.8 Å². The fraction of sp³-hybridized carbons (Fsp3) is 0.429. The molecule has 1 fully saturated rings. The first-order valence-corrected chi connectivity index (χ1v) is 11.6. The second-order valence-electron chi connectivity index (χ2n) is 8.47. The molecule has 2 aromatic rings. The standard InChI is InChI=1S/C28H36O4/c1-5-23-11-15-27(16-12-23)31-21(3)29-19-25-7-9-26(10-8-25)20-30-22(4)32-28-17-13-24(6-2)14-18-28/h5-6,11-18,21-22,25-26H,1-2,7-10,19-20H2,3-4H3. The maximum atomic E-state index is 5.96. The first kappa shape index (κ1) is 24.1. The summed E-state index contributed by atoms with van der Waals surface area (Å²) in [6.45, 7) is 12.9. The molecule has 2 unspecified atom stereocenters. The highest BCUT2D eigenvalue weighted by molar-refractivity contribution is 5.48. The Bertz CT molecular complexity index is 748.